The molecule has 7 heteroatoms. The molecule has 28 heavy (non-hydrogen) atoms. The van der Waals surface area contributed by atoms with Crippen molar-refractivity contribution >= 4 is 17.5 Å². The molecule has 2 amide bonds. The molecule has 0 unspecified atom stereocenters. The quantitative estimate of drug-likeness (QED) is 0.705. The minimum Gasteiger partial charge on any atom is -0.348 e. The second-order valence-corrected chi connectivity index (χ2v) is 6.21. The minimum absolute atomic E-state index is 0.0757. The third-order valence-electron chi connectivity index (χ3n) is 4.02. The van der Waals surface area contributed by atoms with Crippen LogP contribution in [0.15, 0.2) is 60.9 Å². The van der Waals surface area contributed by atoms with Gasteiger partial charge >= 0.3 is 0 Å². The van der Waals surface area contributed by atoms with Gasteiger partial charge in [-0.1, -0.05) is 29.8 Å². The fourth-order valence-corrected chi connectivity index (χ4v) is 2.46. The molecule has 0 aliphatic rings. The Balaban J connectivity index is 1.67. The maximum atomic E-state index is 13.7. The number of nitrogens with one attached hydrogen (secondary N) is 2. The minimum atomic E-state index is -0.895. The molecule has 2 N–H and O–H groups in total. The molecule has 142 valence electrons. The summed E-state index contributed by atoms with van der Waals surface area (Å²) in [7, 11) is 0. The number of carbonyl (C=O) groups excluding carboxylic acids is 2. The van der Waals surface area contributed by atoms with E-state index < -0.39 is 23.4 Å². The molecule has 0 spiro atoms. The number of aryl methyl sites for hydroxylation is 1. The van der Waals surface area contributed by atoms with Crippen LogP contribution in [0.4, 0.5) is 14.5 Å². The molecule has 0 fully saturated rings. The van der Waals surface area contributed by atoms with E-state index in [9.17, 15) is 18.4 Å². The molecule has 0 bridgehead atoms. The number of hydrogen-bond donors (Lipinski definition) is 2. The van der Waals surface area contributed by atoms with Crippen molar-refractivity contribution in [3.05, 3.63) is 94.8 Å². The normalized spacial score (nSPS) is 10.4. The summed E-state index contributed by atoms with van der Waals surface area (Å²) in [5.41, 5.74) is 2.16. The van der Waals surface area contributed by atoms with Gasteiger partial charge in [-0.05, 0) is 30.7 Å². The number of nitrogens with zero attached hydrogens (tertiary/aromatic N) is 1. The van der Waals surface area contributed by atoms with Crippen molar-refractivity contribution in [1.29, 1.82) is 0 Å². The molecular formula is C21H17F2N3O2. The van der Waals surface area contributed by atoms with Crippen LogP contribution in [0.25, 0.3) is 0 Å². The molecule has 1 aromatic heterocycles. The second-order valence-electron chi connectivity index (χ2n) is 6.21. The van der Waals surface area contributed by atoms with Crippen molar-refractivity contribution in [1.82, 2.24) is 10.3 Å². The zero-order valence-corrected chi connectivity index (χ0v) is 15.0. The molecule has 0 saturated heterocycles. The van der Waals surface area contributed by atoms with Crippen LogP contribution in [0.1, 0.15) is 31.8 Å². The van der Waals surface area contributed by atoms with Gasteiger partial charge in [0, 0.05) is 25.0 Å². The number of amides is 2. The van der Waals surface area contributed by atoms with Crippen molar-refractivity contribution < 1.29 is 18.4 Å². The number of carbonyl (C=O) groups is 2. The number of rotatable bonds is 5. The molecule has 0 aliphatic heterocycles. The topological polar surface area (TPSA) is 71.1 Å². The van der Waals surface area contributed by atoms with E-state index in [1.165, 1.54) is 18.5 Å². The summed E-state index contributed by atoms with van der Waals surface area (Å²) in [5, 5.41) is 5.08. The Labute approximate surface area is 160 Å². The lowest BCUT2D eigenvalue weighted by Crippen LogP contribution is -2.23. The second kappa shape index (κ2) is 8.39. The fourth-order valence-electron chi connectivity index (χ4n) is 2.46. The molecule has 5 nitrogen and oxygen atoms in total. The van der Waals surface area contributed by atoms with E-state index in [-0.39, 0.29) is 16.8 Å². The van der Waals surface area contributed by atoms with Crippen molar-refractivity contribution in [3.8, 4) is 0 Å². The highest BCUT2D eigenvalue weighted by Crippen LogP contribution is 2.16. The summed E-state index contributed by atoms with van der Waals surface area (Å²) >= 11 is 0. The zero-order valence-electron chi connectivity index (χ0n) is 15.0. The number of aromatic nitrogens is 1. The summed E-state index contributed by atoms with van der Waals surface area (Å²) in [6, 6.07) is 11.9. The van der Waals surface area contributed by atoms with Gasteiger partial charge in [-0.25, -0.2) is 8.78 Å². The van der Waals surface area contributed by atoms with E-state index in [1.807, 2.05) is 31.2 Å². The molecule has 0 atom stereocenters. The average Bonchev–Trinajstić information content (AvgIpc) is 2.69. The lowest BCUT2D eigenvalue weighted by Gasteiger charge is -2.08. The lowest BCUT2D eigenvalue weighted by molar-refractivity contribution is 0.0950. The van der Waals surface area contributed by atoms with Crippen LogP contribution >= 0.6 is 0 Å². The smallest absolute Gasteiger partial charge is 0.257 e. The summed E-state index contributed by atoms with van der Waals surface area (Å²) in [4.78, 5) is 28.5. The van der Waals surface area contributed by atoms with Gasteiger partial charge in [0.05, 0.1) is 16.8 Å². The zero-order chi connectivity index (χ0) is 20.1. The lowest BCUT2D eigenvalue weighted by atomic mass is 10.1. The van der Waals surface area contributed by atoms with Crippen molar-refractivity contribution in [3.63, 3.8) is 0 Å². The highest BCUT2D eigenvalue weighted by molar-refractivity contribution is 6.05. The average molecular weight is 381 g/mol. The molecule has 2 aromatic carbocycles. The van der Waals surface area contributed by atoms with Crippen LogP contribution in [-0.4, -0.2) is 16.8 Å². The third kappa shape index (κ3) is 4.76. The summed E-state index contributed by atoms with van der Waals surface area (Å²) in [5.74, 6) is -2.69. The van der Waals surface area contributed by atoms with Gasteiger partial charge in [0.15, 0.2) is 0 Å². The Morgan fingerprint density at radius 2 is 1.61 bits per heavy atom. The van der Waals surface area contributed by atoms with Gasteiger partial charge in [0.25, 0.3) is 11.8 Å². The summed E-state index contributed by atoms with van der Waals surface area (Å²) < 4.78 is 26.6. The van der Waals surface area contributed by atoms with E-state index in [0.29, 0.717) is 12.6 Å². The van der Waals surface area contributed by atoms with E-state index in [1.54, 1.807) is 0 Å². The fraction of sp³-hybridized carbons (Fsp3) is 0.0952. The van der Waals surface area contributed by atoms with Gasteiger partial charge in [0.2, 0.25) is 0 Å². The number of hydrogen-bond acceptors (Lipinski definition) is 3. The third-order valence-corrected chi connectivity index (χ3v) is 4.02. The molecule has 1 heterocycles. The predicted octanol–water partition coefficient (Wildman–Crippen LogP) is 3.85. The Bertz CT molecular complexity index is 1020. The molecule has 0 saturated carbocycles. The van der Waals surface area contributed by atoms with E-state index in [0.717, 1.165) is 23.3 Å². The van der Waals surface area contributed by atoms with Crippen LogP contribution in [0.3, 0.4) is 0 Å². The molecule has 0 radical (unpaired) electrons. The van der Waals surface area contributed by atoms with Crippen LogP contribution < -0.4 is 10.6 Å². The number of anilines is 1. The Hall–Kier alpha value is -3.61. The Morgan fingerprint density at radius 1 is 0.929 bits per heavy atom. The maximum Gasteiger partial charge on any atom is 0.257 e. The predicted molar refractivity (Wildman–Crippen MR) is 101 cm³/mol. The molecule has 3 aromatic rings. The first-order valence-electron chi connectivity index (χ1n) is 8.47. The molecule has 3 rings (SSSR count). The van der Waals surface area contributed by atoms with Crippen molar-refractivity contribution in [2.75, 3.05) is 5.32 Å². The van der Waals surface area contributed by atoms with E-state index in [2.05, 4.69) is 15.6 Å². The van der Waals surface area contributed by atoms with Gasteiger partial charge in [0.1, 0.15) is 11.6 Å². The SMILES string of the molecule is Cc1ccc(CNC(=O)c2cncc(C(=O)Nc3ccc(F)cc3F)c2)cc1. The first-order chi connectivity index (χ1) is 13.4. The monoisotopic (exact) mass is 381 g/mol. The Kier molecular flexibility index (Phi) is 5.74. The first-order valence-corrected chi connectivity index (χ1v) is 8.47. The maximum absolute atomic E-state index is 13.7. The van der Waals surface area contributed by atoms with Gasteiger partial charge in [-0.15, -0.1) is 0 Å². The number of halogens is 2. The van der Waals surface area contributed by atoms with Crippen molar-refractivity contribution in [2.45, 2.75) is 13.5 Å². The van der Waals surface area contributed by atoms with Gasteiger partial charge < -0.3 is 10.6 Å². The Morgan fingerprint density at radius 3 is 2.29 bits per heavy atom. The van der Waals surface area contributed by atoms with Crippen molar-refractivity contribution in [2.24, 2.45) is 0 Å². The van der Waals surface area contributed by atoms with E-state index >= 15 is 0 Å². The van der Waals surface area contributed by atoms with Crippen LogP contribution in [0.2, 0.25) is 0 Å². The van der Waals surface area contributed by atoms with Gasteiger partial charge in [-0.2, -0.15) is 0 Å². The standard InChI is InChI=1S/C21H17F2N3O2/c1-13-2-4-14(5-3-13)10-25-20(27)15-8-16(12-24-11-15)21(28)26-19-7-6-17(22)9-18(19)23/h2-9,11-12H,10H2,1H3,(H,25,27)(H,26,28). The summed E-state index contributed by atoms with van der Waals surface area (Å²) in [6.45, 7) is 2.30. The molecular weight excluding hydrogens is 364 g/mol. The number of benzene rings is 2. The highest BCUT2D eigenvalue weighted by Gasteiger charge is 2.13. The highest BCUT2D eigenvalue weighted by atomic mass is 19.1. The van der Waals surface area contributed by atoms with Gasteiger partial charge in [-0.3, -0.25) is 14.6 Å². The number of pyridine rings is 1. The van der Waals surface area contributed by atoms with Crippen LogP contribution in [0, 0.1) is 18.6 Å². The van der Waals surface area contributed by atoms with E-state index in [4.69, 9.17) is 0 Å². The van der Waals surface area contributed by atoms with Crippen LogP contribution in [0.5, 0.6) is 0 Å². The molecule has 0 aliphatic carbocycles. The largest absolute Gasteiger partial charge is 0.348 e. The first kappa shape index (κ1) is 19.2. The van der Waals surface area contributed by atoms with Crippen LogP contribution in [-0.2, 0) is 6.54 Å². The summed E-state index contributed by atoms with van der Waals surface area (Å²) in [6.07, 6.45) is 2.59.